The number of hydrogen-bond donors (Lipinski definition) is 0. The lowest BCUT2D eigenvalue weighted by Crippen LogP contribution is -2.21. The van der Waals surface area contributed by atoms with Gasteiger partial charge in [0.05, 0.1) is 18.0 Å². The van der Waals surface area contributed by atoms with Crippen molar-refractivity contribution in [2.24, 2.45) is 0 Å². The molecule has 0 saturated carbocycles. The van der Waals surface area contributed by atoms with Crippen LogP contribution in [-0.2, 0) is 14.7 Å². The Bertz CT molecular complexity index is 119. The molecular weight excluding hydrogens is 172 g/mol. The molecule has 0 aromatic rings. The van der Waals surface area contributed by atoms with Gasteiger partial charge in [-0.25, -0.2) is 4.21 Å². The van der Waals surface area contributed by atoms with Crippen molar-refractivity contribution in [2.75, 3.05) is 12.4 Å². The molecule has 62 valence electrons. The van der Waals surface area contributed by atoms with E-state index < -0.39 is 10.0 Å². The molecule has 0 N–H and O–H groups in total. The average molecular weight is 185 g/mol. The molecule has 0 amide bonds. The normalized spacial score (nSPS) is 15.2. The van der Waals surface area contributed by atoms with Crippen LogP contribution in [0, 0.1) is 0 Å². The topological polar surface area (TPSA) is 26.3 Å². The standard InChI is InChI=1S/C6H13ClO2S/c1-6(2,3)9-4-5-10(7)8/h4-5H2,1-3H3. The average Bonchev–Trinajstić information content (AvgIpc) is 1.59. The Morgan fingerprint density at radius 3 is 2.30 bits per heavy atom. The summed E-state index contributed by atoms with van der Waals surface area (Å²) in [5, 5.41) is 0. The summed E-state index contributed by atoms with van der Waals surface area (Å²) in [5.74, 6) is 0.402. The summed E-state index contributed by atoms with van der Waals surface area (Å²) in [4.78, 5) is 0. The fourth-order valence-electron chi connectivity index (χ4n) is 0.413. The fraction of sp³-hybridized carbons (Fsp3) is 1.00. The van der Waals surface area contributed by atoms with Gasteiger partial charge in [0.2, 0.25) is 0 Å². The highest BCUT2D eigenvalue weighted by Gasteiger charge is 2.09. The van der Waals surface area contributed by atoms with E-state index in [2.05, 4.69) is 0 Å². The molecule has 4 heteroatoms. The van der Waals surface area contributed by atoms with Crippen LogP contribution in [0.25, 0.3) is 0 Å². The Hall–Kier alpha value is 0.400. The van der Waals surface area contributed by atoms with Crippen LogP contribution in [0.15, 0.2) is 0 Å². The van der Waals surface area contributed by atoms with Gasteiger partial charge in [0, 0.05) is 0 Å². The Morgan fingerprint density at radius 2 is 2.00 bits per heavy atom. The first kappa shape index (κ1) is 10.4. The second-order valence-corrected chi connectivity index (χ2v) is 4.98. The summed E-state index contributed by atoms with van der Waals surface area (Å²) >= 11 is 0. The third-order valence-corrected chi connectivity index (χ3v) is 1.73. The van der Waals surface area contributed by atoms with Gasteiger partial charge in [-0.1, -0.05) is 0 Å². The van der Waals surface area contributed by atoms with E-state index in [0.29, 0.717) is 12.4 Å². The minimum Gasteiger partial charge on any atom is -0.375 e. The molecular formula is C6H13ClO2S. The van der Waals surface area contributed by atoms with E-state index in [-0.39, 0.29) is 5.60 Å². The highest BCUT2D eigenvalue weighted by atomic mass is 35.7. The molecule has 0 fully saturated rings. The van der Waals surface area contributed by atoms with Gasteiger partial charge >= 0.3 is 0 Å². The quantitative estimate of drug-likeness (QED) is 0.625. The molecule has 0 rings (SSSR count). The van der Waals surface area contributed by atoms with E-state index in [1.54, 1.807) is 0 Å². The summed E-state index contributed by atoms with van der Waals surface area (Å²) in [5.41, 5.74) is -0.156. The van der Waals surface area contributed by atoms with Gasteiger partial charge in [-0.2, -0.15) is 0 Å². The first-order valence-corrected chi connectivity index (χ1v) is 5.25. The molecule has 0 aromatic heterocycles. The maximum absolute atomic E-state index is 10.3. The van der Waals surface area contributed by atoms with Crippen LogP contribution in [0.5, 0.6) is 0 Å². The van der Waals surface area contributed by atoms with Gasteiger partial charge in [-0.3, -0.25) is 0 Å². The van der Waals surface area contributed by atoms with Crippen LogP contribution in [0.1, 0.15) is 20.8 Å². The van der Waals surface area contributed by atoms with E-state index >= 15 is 0 Å². The molecule has 0 radical (unpaired) electrons. The molecule has 0 saturated heterocycles. The number of hydrogen-bond acceptors (Lipinski definition) is 2. The van der Waals surface area contributed by atoms with Crippen LogP contribution in [0.4, 0.5) is 0 Å². The largest absolute Gasteiger partial charge is 0.375 e. The van der Waals surface area contributed by atoms with E-state index in [0.717, 1.165) is 0 Å². The van der Waals surface area contributed by atoms with Crippen molar-refractivity contribution in [3.8, 4) is 0 Å². The van der Waals surface area contributed by atoms with E-state index in [1.165, 1.54) is 0 Å². The summed E-state index contributed by atoms with van der Waals surface area (Å²) in [7, 11) is 3.95. The minimum atomic E-state index is -1.25. The molecule has 0 aliphatic heterocycles. The van der Waals surface area contributed by atoms with Gasteiger partial charge in [-0.05, 0) is 31.5 Å². The van der Waals surface area contributed by atoms with Crippen molar-refractivity contribution < 1.29 is 8.95 Å². The van der Waals surface area contributed by atoms with Gasteiger partial charge in [0.15, 0.2) is 0 Å². The van der Waals surface area contributed by atoms with Crippen molar-refractivity contribution in [1.29, 1.82) is 0 Å². The Balaban J connectivity index is 3.29. The summed E-state index contributed by atoms with van der Waals surface area (Å²) < 4.78 is 15.6. The lowest BCUT2D eigenvalue weighted by Gasteiger charge is -2.18. The minimum absolute atomic E-state index is 0.156. The molecule has 1 unspecified atom stereocenters. The van der Waals surface area contributed by atoms with Crippen LogP contribution >= 0.6 is 10.7 Å². The zero-order valence-corrected chi connectivity index (χ0v) is 8.09. The SMILES string of the molecule is CC(C)(C)OCCS(=O)Cl. The smallest absolute Gasteiger partial charge is 0.117 e. The highest BCUT2D eigenvalue weighted by molar-refractivity contribution is 8.08. The Labute approximate surface area is 68.9 Å². The fourth-order valence-corrected chi connectivity index (χ4v) is 0.817. The van der Waals surface area contributed by atoms with Gasteiger partial charge in [-0.15, -0.1) is 0 Å². The molecule has 0 heterocycles. The monoisotopic (exact) mass is 184 g/mol. The van der Waals surface area contributed by atoms with Crippen LogP contribution < -0.4 is 0 Å². The lowest BCUT2D eigenvalue weighted by atomic mass is 10.2. The molecule has 2 nitrogen and oxygen atoms in total. The first-order chi connectivity index (χ1) is 4.42. The predicted octanol–water partition coefficient (Wildman–Crippen LogP) is 1.70. The third-order valence-electron chi connectivity index (χ3n) is 0.779. The van der Waals surface area contributed by atoms with Gasteiger partial charge < -0.3 is 4.74 Å². The number of ether oxygens (including phenoxy) is 1. The highest BCUT2D eigenvalue weighted by Crippen LogP contribution is 2.06. The van der Waals surface area contributed by atoms with Crippen molar-refractivity contribution in [3.63, 3.8) is 0 Å². The lowest BCUT2D eigenvalue weighted by molar-refractivity contribution is 0.00678. The van der Waals surface area contributed by atoms with Gasteiger partial charge in [0.1, 0.15) is 10.0 Å². The number of rotatable bonds is 3. The number of halogens is 1. The molecule has 0 bridgehead atoms. The van der Waals surface area contributed by atoms with Crippen molar-refractivity contribution >= 4 is 20.7 Å². The van der Waals surface area contributed by atoms with E-state index in [9.17, 15) is 4.21 Å². The van der Waals surface area contributed by atoms with Crippen LogP contribution in [-0.4, -0.2) is 22.2 Å². The molecule has 0 aliphatic rings. The summed E-state index contributed by atoms with van der Waals surface area (Å²) in [6.45, 7) is 6.30. The summed E-state index contributed by atoms with van der Waals surface area (Å²) in [6.07, 6.45) is 0. The maximum Gasteiger partial charge on any atom is 0.117 e. The molecule has 0 aliphatic carbocycles. The second-order valence-electron chi connectivity index (χ2n) is 2.95. The zero-order valence-electron chi connectivity index (χ0n) is 6.52. The van der Waals surface area contributed by atoms with Crippen molar-refractivity contribution in [1.82, 2.24) is 0 Å². The molecule has 0 spiro atoms. The molecule has 0 aromatic carbocycles. The van der Waals surface area contributed by atoms with Crippen LogP contribution in [0.2, 0.25) is 0 Å². The Kier molecular flexibility index (Phi) is 4.49. The van der Waals surface area contributed by atoms with Crippen molar-refractivity contribution in [2.45, 2.75) is 26.4 Å². The van der Waals surface area contributed by atoms with Gasteiger partial charge in [0.25, 0.3) is 0 Å². The second kappa shape index (κ2) is 4.31. The van der Waals surface area contributed by atoms with Crippen molar-refractivity contribution in [3.05, 3.63) is 0 Å². The zero-order chi connectivity index (χ0) is 8.20. The first-order valence-electron chi connectivity index (χ1n) is 3.10. The molecule has 1 atom stereocenters. The molecule has 10 heavy (non-hydrogen) atoms. The third kappa shape index (κ3) is 8.40. The van der Waals surface area contributed by atoms with Crippen LogP contribution in [0.3, 0.4) is 0 Å². The summed E-state index contributed by atoms with van der Waals surface area (Å²) in [6, 6.07) is 0. The Morgan fingerprint density at radius 1 is 1.50 bits per heavy atom. The van der Waals surface area contributed by atoms with E-state index in [4.69, 9.17) is 15.4 Å². The maximum atomic E-state index is 10.3. The van der Waals surface area contributed by atoms with E-state index in [1.807, 2.05) is 20.8 Å². The predicted molar refractivity (Wildman–Crippen MR) is 44.6 cm³/mol.